The Morgan fingerprint density at radius 2 is 1.65 bits per heavy atom. The lowest BCUT2D eigenvalue weighted by atomic mass is 9.86. The Bertz CT molecular complexity index is 335. The van der Waals surface area contributed by atoms with Crippen molar-refractivity contribution in [1.82, 2.24) is 5.32 Å². The standard InChI is InChI=1S/C15H25NO/c1-11(2)16-14(10-17)12-6-8-13(9-7-12)15(3,4)5/h6-9,11,14,16-17H,10H2,1-5H3. The maximum Gasteiger partial charge on any atom is 0.0626 e. The molecule has 1 aromatic rings. The van der Waals surface area contributed by atoms with Crippen molar-refractivity contribution in [3.63, 3.8) is 0 Å². The molecule has 2 N–H and O–H groups in total. The van der Waals surface area contributed by atoms with Crippen LogP contribution in [0.5, 0.6) is 0 Å². The Labute approximate surface area is 105 Å². The smallest absolute Gasteiger partial charge is 0.0626 e. The van der Waals surface area contributed by atoms with Gasteiger partial charge in [-0.3, -0.25) is 0 Å². The van der Waals surface area contributed by atoms with Gasteiger partial charge in [-0.2, -0.15) is 0 Å². The molecule has 1 atom stereocenters. The average Bonchev–Trinajstić information content (AvgIpc) is 2.24. The maximum absolute atomic E-state index is 9.40. The molecule has 0 spiro atoms. The van der Waals surface area contributed by atoms with E-state index in [9.17, 15) is 5.11 Å². The third kappa shape index (κ3) is 4.14. The van der Waals surface area contributed by atoms with Gasteiger partial charge in [0.2, 0.25) is 0 Å². The van der Waals surface area contributed by atoms with Crippen LogP contribution in [-0.4, -0.2) is 17.8 Å². The van der Waals surface area contributed by atoms with Gasteiger partial charge < -0.3 is 10.4 Å². The maximum atomic E-state index is 9.40. The number of hydrogen-bond donors (Lipinski definition) is 2. The summed E-state index contributed by atoms with van der Waals surface area (Å²) in [5, 5.41) is 12.7. The lowest BCUT2D eigenvalue weighted by Gasteiger charge is -2.22. The quantitative estimate of drug-likeness (QED) is 0.841. The highest BCUT2D eigenvalue weighted by atomic mass is 16.3. The molecule has 1 rings (SSSR count). The second-order valence-corrected chi connectivity index (χ2v) is 5.93. The second kappa shape index (κ2) is 5.65. The van der Waals surface area contributed by atoms with Crippen molar-refractivity contribution in [3.05, 3.63) is 35.4 Å². The molecule has 0 aliphatic heterocycles. The molecule has 1 unspecified atom stereocenters. The van der Waals surface area contributed by atoms with Gasteiger partial charge >= 0.3 is 0 Å². The second-order valence-electron chi connectivity index (χ2n) is 5.93. The molecule has 17 heavy (non-hydrogen) atoms. The van der Waals surface area contributed by atoms with Gasteiger partial charge in [0.15, 0.2) is 0 Å². The molecular weight excluding hydrogens is 210 g/mol. The minimum absolute atomic E-state index is 0.0315. The zero-order chi connectivity index (χ0) is 13.1. The summed E-state index contributed by atoms with van der Waals surface area (Å²) >= 11 is 0. The molecule has 0 heterocycles. The minimum atomic E-state index is 0.0315. The molecule has 2 heteroatoms. The minimum Gasteiger partial charge on any atom is -0.394 e. The molecule has 1 aromatic carbocycles. The number of nitrogens with one attached hydrogen (secondary N) is 1. The molecule has 0 aliphatic rings. The van der Waals surface area contributed by atoms with E-state index in [1.54, 1.807) is 0 Å². The highest BCUT2D eigenvalue weighted by Crippen LogP contribution is 2.24. The summed E-state index contributed by atoms with van der Waals surface area (Å²) in [6.07, 6.45) is 0. The van der Waals surface area contributed by atoms with Crippen LogP contribution >= 0.6 is 0 Å². The Hall–Kier alpha value is -0.860. The Kier molecular flexibility index (Phi) is 4.72. The summed E-state index contributed by atoms with van der Waals surface area (Å²) in [5.41, 5.74) is 2.65. The van der Waals surface area contributed by atoms with Gasteiger partial charge in [-0.15, -0.1) is 0 Å². The molecule has 2 nitrogen and oxygen atoms in total. The van der Waals surface area contributed by atoms with Crippen LogP contribution in [-0.2, 0) is 5.41 Å². The molecule has 0 saturated heterocycles. The van der Waals surface area contributed by atoms with Crippen LogP contribution in [0.4, 0.5) is 0 Å². The van der Waals surface area contributed by atoms with Gasteiger partial charge in [0.05, 0.1) is 12.6 Å². The van der Waals surface area contributed by atoms with Crippen LogP contribution in [0.25, 0.3) is 0 Å². The molecular formula is C15H25NO. The van der Waals surface area contributed by atoms with E-state index < -0.39 is 0 Å². The lowest BCUT2D eigenvalue weighted by molar-refractivity contribution is 0.237. The van der Waals surface area contributed by atoms with Gasteiger partial charge in [-0.1, -0.05) is 58.9 Å². The fraction of sp³-hybridized carbons (Fsp3) is 0.600. The molecule has 0 amide bonds. The number of aliphatic hydroxyl groups excluding tert-OH is 1. The molecule has 0 bridgehead atoms. The van der Waals surface area contributed by atoms with E-state index in [2.05, 4.69) is 64.2 Å². The number of aliphatic hydroxyl groups is 1. The number of rotatable bonds is 4. The van der Waals surface area contributed by atoms with Crippen LogP contribution in [0.2, 0.25) is 0 Å². The van der Waals surface area contributed by atoms with Crippen LogP contribution in [0.15, 0.2) is 24.3 Å². The summed E-state index contributed by atoms with van der Waals surface area (Å²) in [4.78, 5) is 0. The van der Waals surface area contributed by atoms with Gasteiger partial charge in [0, 0.05) is 6.04 Å². The zero-order valence-corrected chi connectivity index (χ0v) is 11.6. The zero-order valence-electron chi connectivity index (χ0n) is 11.6. The van der Waals surface area contributed by atoms with Crippen LogP contribution < -0.4 is 5.32 Å². The van der Waals surface area contributed by atoms with E-state index in [1.807, 2.05) is 0 Å². The Morgan fingerprint density at radius 1 is 1.12 bits per heavy atom. The molecule has 96 valence electrons. The van der Waals surface area contributed by atoms with Crippen LogP contribution in [0, 0.1) is 0 Å². The van der Waals surface area contributed by atoms with E-state index in [0.717, 1.165) is 5.56 Å². The van der Waals surface area contributed by atoms with E-state index in [1.165, 1.54) is 5.56 Å². The predicted molar refractivity (Wildman–Crippen MR) is 73.2 cm³/mol. The predicted octanol–water partition coefficient (Wildman–Crippen LogP) is 3.02. The summed E-state index contributed by atoms with van der Waals surface area (Å²) in [7, 11) is 0. The molecule has 0 fully saturated rings. The van der Waals surface area contributed by atoms with Crippen LogP contribution in [0.3, 0.4) is 0 Å². The van der Waals surface area contributed by atoms with Crippen molar-refractivity contribution >= 4 is 0 Å². The van der Waals surface area contributed by atoms with E-state index in [0.29, 0.717) is 6.04 Å². The fourth-order valence-electron chi connectivity index (χ4n) is 1.87. The first-order valence-electron chi connectivity index (χ1n) is 6.32. The summed E-state index contributed by atoms with van der Waals surface area (Å²) in [6, 6.07) is 8.92. The lowest BCUT2D eigenvalue weighted by Crippen LogP contribution is -2.30. The van der Waals surface area contributed by atoms with Crippen molar-refractivity contribution < 1.29 is 5.11 Å². The Balaban J connectivity index is 2.85. The highest BCUT2D eigenvalue weighted by Gasteiger charge is 2.15. The molecule has 0 radical (unpaired) electrons. The fourth-order valence-corrected chi connectivity index (χ4v) is 1.87. The number of benzene rings is 1. The number of hydrogen-bond acceptors (Lipinski definition) is 2. The first-order chi connectivity index (χ1) is 7.84. The largest absolute Gasteiger partial charge is 0.394 e. The molecule has 0 aliphatic carbocycles. The molecule has 0 saturated carbocycles. The van der Waals surface area contributed by atoms with Gasteiger partial charge in [0.25, 0.3) is 0 Å². The SMILES string of the molecule is CC(C)NC(CO)c1ccc(C(C)(C)C)cc1. The van der Waals surface area contributed by atoms with Crippen molar-refractivity contribution in [3.8, 4) is 0 Å². The van der Waals surface area contributed by atoms with Crippen LogP contribution in [0.1, 0.15) is 51.8 Å². The van der Waals surface area contributed by atoms with Gasteiger partial charge in [0.1, 0.15) is 0 Å². The topological polar surface area (TPSA) is 32.3 Å². The normalized spacial score (nSPS) is 14.1. The van der Waals surface area contributed by atoms with Crippen molar-refractivity contribution in [2.75, 3.05) is 6.61 Å². The van der Waals surface area contributed by atoms with E-state index in [-0.39, 0.29) is 18.1 Å². The van der Waals surface area contributed by atoms with E-state index >= 15 is 0 Å². The third-order valence-electron chi connectivity index (χ3n) is 2.90. The van der Waals surface area contributed by atoms with Gasteiger partial charge in [-0.05, 0) is 16.5 Å². The monoisotopic (exact) mass is 235 g/mol. The summed E-state index contributed by atoms with van der Waals surface area (Å²) < 4.78 is 0. The highest BCUT2D eigenvalue weighted by molar-refractivity contribution is 5.29. The molecule has 0 aromatic heterocycles. The average molecular weight is 235 g/mol. The first-order valence-corrected chi connectivity index (χ1v) is 6.32. The van der Waals surface area contributed by atoms with Crippen molar-refractivity contribution in [2.45, 2.75) is 52.1 Å². The third-order valence-corrected chi connectivity index (χ3v) is 2.90. The summed E-state index contributed by atoms with van der Waals surface area (Å²) in [5.74, 6) is 0. The van der Waals surface area contributed by atoms with Gasteiger partial charge in [-0.25, -0.2) is 0 Å². The Morgan fingerprint density at radius 3 is 2.00 bits per heavy atom. The van der Waals surface area contributed by atoms with E-state index in [4.69, 9.17) is 0 Å². The summed E-state index contributed by atoms with van der Waals surface area (Å²) in [6.45, 7) is 10.9. The first kappa shape index (κ1) is 14.2. The van der Waals surface area contributed by atoms with Crippen molar-refractivity contribution in [2.24, 2.45) is 0 Å². The van der Waals surface area contributed by atoms with Crippen molar-refractivity contribution in [1.29, 1.82) is 0 Å².